The highest BCUT2D eigenvalue weighted by molar-refractivity contribution is 5.76. The minimum absolute atomic E-state index is 0.0676. The monoisotopic (exact) mass is 263 g/mol. The Bertz CT molecular complexity index is 548. The molecule has 0 spiro atoms. The van der Waals surface area contributed by atoms with Gasteiger partial charge in [0.1, 0.15) is 11.6 Å². The van der Waals surface area contributed by atoms with Crippen molar-refractivity contribution in [1.82, 2.24) is 9.55 Å². The second-order valence-corrected chi connectivity index (χ2v) is 5.00. The molecule has 4 heteroatoms. The van der Waals surface area contributed by atoms with Gasteiger partial charge in [0, 0.05) is 12.6 Å². The van der Waals surface area contributed by atoms with Crippen LogP contribution in [0.4, 0.5) is 4.39 Å². The van der Waals surface area contributed by atoms with E-state index in [4.69, 9.17) is 5.73 Å². The number of unbranched alkanes of at least 4 members (excludes halogenated alkanes) is 1. The number of hydrogen-bond acceptors (Lipinski definition) is 2. The summed E-state index contributed by atoms with van der Waals surface area (Å²) in [4.78, 5) is 4.54. The predicted molar refractivity (Wildman–Crippen MR) is 76.4 cm³/mol. The minimum atomic E-state index is -0.248. The Morgan fingerprint density at radius 1 is 1.32 bits per heavy atom. The first-order valence-electron chi connectivity index (χ1n) is 7.08. The molecule has 1 aromatic heterocycles. The third-order valence-electron chi connectivity index (χ3n) is 3.39. The van der Waals surface area contributed by atoms with E-state index in [2.05, 4.69) is 23.4 Å². The van der Waals surface area contributed by atoms with Crippen LogP contribution in [0.25, 0.3) is 11.0 Å². The molecule has 1 atom stereocenters. The molecule has 0 amide bonds. The molecule has 2 N–H and O–H groups in total. The SMILES string of the molecule is CCCCC(N)c1nc2cc(F)ccc2n1CCC. The van der Waals surface area contributed by atoms with E-state index in [9.17, 15) is 4.39 Å². The van der Waals surface area contributed by atoms with Crippen molar-refractivity contribution in [3.8, 4) is 0 Å². The maximum absolute atomic E-state index is 13.3. The predicted octanol–water partition coefficient (Wildman–Crippen LogP) is 3.78. The fourth-order valence-electron chi connectivity index (χ4n) is 2.42. The Hall–Kier alpha value is -1.42. The number of rotatable bonds is 6. The van der Waals surface area contributed by atoms with E-state index in [1.807, 2.05) is 0 Å². The van der Waals surface area contributed by atoms with E-state index in [1.54, 1.807) is 6.07 Å². The van der Waals surface area contributed by atoms with Crippen LogP contribution >= 0.6 is 0 Å². The van der Waals surface area contributed by atoms with Crippen LogP contribution in [0.1, 0.15) is 51.4 Å². The van der Waals surface area contributed by atoms with Gasteiger partial charge in [-0.3, -0.25) is 0 Å². The van der Waals surface area contributed by atoms with Gasteiger partial charge in [0.25, 0.3) is 0 Å². The van der Waals surface area contributed by atoms with E-state index in [0.717, 1.165) is 43.6 Å². The number of halogens is 1. The molecular weight excluding hydrogens is 241 g/mol. The number of aryl methyl sites for hydroxylation is 1. The van der Waals surface area contributed by atoms with Gasteiger partial charge in [-0.2, -0.15) is 0 Å². The summed E-state index contributed by atoms with van der Waals surface area (Å²) in [7, 11) is 0. The number of nitrogens with zero attached hydrogens (tertiary/aromatic N) is 2. The molecule has 1 heterocycles. The van der Waals surface area contributed by atoms with E-state index in [1.165, 1.54) is 12.1 Å². The standard InChI is InChI=1S/C15H22FN3/c1-3-5-6-12(17)15-18-13-10-11(16)7-8-14(13)19(15)9-4-2/h7-8,10,12H,3-6,9,17H2,1-2H3. The molecule has 0 radical (unpaired) electrons. The number of benzene rings is 1. The van der Waals surface area contributed by atoms with Crippen molar-refractivity contribution >= 4 is 11.0 Å². The van der Waals surface area contributed by atoms with Gasteiger partial charge in [-0.05, 0) is 25.0 Å². The summed E-state index contributed by atoms with van der Waals surface area (Å²) in [5.41, 5.74) is 7.92. The first-order valence-corrected chi connectivity index (χ1v) is 7.08. The summed E-state index contributed by atoms with van der Waals surface area (Å²) in [5.74, 6) is 0.637. The van der Waals surface area contributed by atoms with Crippen LogP contribution in [0.15, 0.2) is 18.2 Å². The molecule has 3 nitrogen and oxygen atoms in total. The van der Waals surface area contributed by atoms with Crippen molar-refractivity contribution in [3.05, 3.63) is 29.8 Å². The van der Waals surface area contributed by atoms with Gasteiger partial charge in [-0.25, -0.2) is 9.37 Å². The molecule has 0 saturated carbocycles. The summed E-state index contributed by atoms with van der Waals surface area (Å²) in [6.07, 6.45) is 4.14. The van der Waals surface area contributed by atoms with Crippen molar-refractivity contribution in [2.75, 3.05) is 0 Å². The Labute approximate surface area is 113 Å². The molecule has 0 bridgehead atoms. The normalized spacial score (nSPS) is 13.1. The van der Waals surface area contributed by atoms with Crippen LogP contribution in [-0.2, 0) is 6.54 Å². The molecule has 0 aliphatic carbocycles. The second-order valence-electron chi connectivity index (χ2n) is 5.00. The number of aromatic nitrogens is 2. The highest BCUT2D eigenvalue weighted by Crippen LogP contribution is 2.23. The van der Waals surface area contributed by atoms with Crippen molar-refractivity contribution in [2.45, 2.75) is 52.1 Å². The maximum atomic E-state index is 13.3. The van der Waals surface area contributed by atoms with Gasteiger partial charge in [-0.1, -0.05) is 26.7 Å². The Morgan fingerprint density at radius 2 is 2.11 bits per heavy atom. The van der Waals surface area contributed by atoms with Crippen molar-refractivity contribution < 1.29 is 4.39 Å². The van der Waals surface area contributed by atoms with E-state index in [0.29, 0.717) is 5.52 Å². The first-order chi connectivity index (χ1) is 9.17. The molecule has 0 fully saturated rings. The topological polar surface area (TPSA) is 43.8 Å². The molecule has 0 aliphatic rings. The average Bonchev–Trinajstić information content (AvgIpc) is 2.74. The summed E-state index contributed by atoms with van der Waals surface area (Å²) >= 11 is 0. The molecular formula is C15H22FN3. The molecule has 2 aromatic rings. The second kappa shape index (κ2) is 6.15. The third-order valence-corrected chi connectivity index (χ3v) is 3.39. The lowest BCUT2D eigenvalue weighted by Gasteiger charge is -2.13. The lowest BCUT2D eigenvalue weighted by Crippen LogP contribution is -2.16. The van der Waals surface area contributed by atoms with Crippen molar-refractivity contribution in [1.29, 1.82) is 0 Å². The zero-order valence-electron chi connectivity index (χ0n) is 11.7. The summed E-state index contributed by atoms with van der Waals surface area (Å²) in [6.45, 7) is 5.14. The Morgan fingerprint density at radius 3 is 2.79 bits per heavy atom. The lowest BCUT2D eigenvalue weighted by molar-refractivity contribution is 0.536. The van der Waals surface area contributed by atoms with Gasteiger partial charge in [0.2, 0.25) is 0 Å². The minimum Gasteiger partial charge on any atom is -0.327 e. The Kier molecular flexibility index (Phi) is 4.53. The number of fused-ring (bicyclic) bond motifs is 1. The Balaban J connectivity index is 2.43. The quantitative estimate of drug-likeness (QED) is 0.862. The number of imidazole rings is 1. The number of nitrogens with two attached hydrogens (primary N) is 1. The molecule has 2 rings (SSSR count). The van der Waals surface area contributed by atoms with Crippen LogP contribution in [0.3, 0.4) is 0 Å². The zero-order valence-corrected chi connectivity index (χ0v) is 11.7. The summed E-state index contributed by atoms with van der Waals surface area (Å²) < 4.78 is 15.4. The smallest absolute Gasteiger partial charge is 0.126 e. The van der Waals surface area contributed by atoms with Crippen LogP contribution in [0.2, 0.25) is 0 Å². The highest BCUT2D eigenvalue weighted by atomic mass is 19.1. The van der Waals surface area contributed by atoms with Crippen LogP contribution in [-0.4, -0.2) is 9.55 Å². The largest absolute Gasteiger partial charge is 0.327 e. The summed E-state index contributed by atoms with van der Waals surface area (Å²) in [5, 5.41) is 0. The molecule has 0 saturated heterocycles. The fraction of sp³-hybridized carbons (Fsp3) is 0.533. The van der Waals surface area contributed by atoms with E-state index < -0.39 is 0 Å². The highest BCUT2D eigenvalue weighted by Gasteiger charge is 2.16. The molecule has 1 aromatic carbocycles. The van der Waals surface area contributed by atoms with Gasteiger partial charge < -0.3 is 10.3 Å². The molecule has 1 unspecified atom stereocenters. The van der Waals surface area contributed by atoms with Crippen molar-refractivity contribution in [3.63, 3.8) is 0 Å². The van der Waals surface area contributed by atoms with Gasteiger partial charge >= 0.3 is 0 Å². The number of hydrogen-bond donors (Lipinski definition) is 1. The van der Waals surface area contributed by atoms with E-state index >= 15 is 0 Å². The van der Waals surface area contributed by atoms with Crippen LogP contribution in [0, 0.1) is 5.82 Å². The molecule has 0 aliphatic heterocycles. The van der Waals surface area contributed by atoms with Gasteiger partial charge in [0.05, 0.1) is 17.1 Å². The van der Waals surface area contributed by atoms with E-state index in [-0.39, 0.29) is 11.9 Å². The van der Waals surface area contributed by atoms with Gasteiger partial charge in [-0.15, -0.1) is 0 Å². The fourth-order valence-corrected chi connectivity index (χ4v) is 2.42. The van der Waals surface area contributed by atoms with Gasteiger partial charge in [0.15, 0.2) is 0 Å². The lowest BCUT2D eigenvalue weighted by atomic mass is 10.1. The van der Waals surface area contributed by atoms with Crippen LogP contribution < -0.4 is 5.73 Å². The molecule has 19 heavy (non-hydrogen) atoms. The van der Waals surface area contributed by atoms with Crippen molar-refractivity contribution in [2.24, 2.45) is 5.73 Å². The summed E-state index contributed by atoms with van der Waals surface area (Å²) in [6, 6.07) is 4.69. The maximum Gasteiger partial charge on any atom is 0.126 e. The zero-order chi connectivity index (χ0) is 13.8. The third kappa shape index (κ3) is 2.95. The average molecular weight is 263 g/mol. The first kappa shape index (κ1) is 14.0. The molecule has 104 valence electrons. The van der Waals surface area contributed by atoms with Crippen LogP contribution in [0.5, 0.6) is 0 Å².